The van der Waals surface area contributed by atoms with E-state index in [2.05, 4.69) is 53.1 Å². The molecule has 3 rings (SSSR count). The molecule has 1 amide bonds. The Morgan fingerprint density at radius 1 is 1.26 bits per heavy atom. The number of aliphatic hydroxyl groups excluding tert-OH is 1. The van der Waals surface area contributed by atoms with Crippen molar-refractivity contribution >= 4 is 28.4 Å². The monoisotopic (exact) mass is 330 g/mol. The number of carbonyl (C=O) groups is 1. The quantitative estimate of drug-likeness (QED) is 0.708. The topological polar surface area (TPSA) is 61.4 Å². The van der Waals surface area contributed by atoms with Crippen LogP contribution in [0.4, 0.5) is 0 Å². The van der Waals surface area contributed by atoms with Crippen LogP contribution in [-0.4, -0.2) is 42.0 Å². The van der Waals surface area contributed by atoms with Gasteiger partial charge in [0.1, 0.15) is 0 Å². The molecule has 0 bridgehead atoms. The van der Waals surface area contributed by atoms with Gasteiger partial charge >= 0.3 is 0 Å². The Hall–Kier alpha value is -1.56. The van der Waals surface area contributed by atoms with Crippen LogP contribution < -0.4 is 10.6 Å². The summed E-state index contributed by atoms with van der Waals surface area (Å²) in [6, 6.07) is 14.6. The van der Waals surface area contributed by atoms with Crippen LogP contribution in [-0.2, 0) is 10.5 Å². The van der Waals surface area contributed by atoms with Gasteiger partial charge in [0, 0.05) is 24.6 Å². The van der Waals surface area contributed by atoms with Gasteiger partial charge in [0.2, 0.25) is 5.91 Å². The van der Waals surface area contributed by atoms with Gasteiger partial charge < -0.3 is 15.7 Å². The van der Waals surface area contributed by atoms with E-state index in [0.717, 1.165) is 11.5 Å². The summed E-state index contributed by atoms with van der Waals surface area (Å²) < 4.78 is 0. The van der Waals surface area contributed by atoms with Crippen LogP contribution in [0.15, 0.2) is 42.5 Å². The van der Waals surface area contributed by atoms with Crippen LogP contribution in [0, 0.1) is 0 Å². The number of hydrogen-bond donors (Lipinski definition) is 3. The molecule has 0 aliphatic carbocycles. The number of benzene rings is 2. The normalized spacial score (nSPS) is 20.7. The van der Waals surface area contributed by atoms with Crippen molar-refractivity contribution in [3.8, 4) is 0 Å². The molecule has 1 saturated heterocycles. The van der Waals surface area contributed by atoms with Gasteiger partial charge in [0.25, 0.3) is 0 Å². The SMILES string of the molecule is O=C(NCCSCc1cccc2ccccc12)C1CC(O)CN1. The van der Waals surface area contributed by atoms with E-state index >= 15 is 0 Å². The zero-order chi connectivity index (χ0) is 16.1. The fraction of sp³-hybridized carbons (Fsp3) is 0.389. The molecular formula is C18H22N2O2S. The fourth-order valence-electron chi connectivity index (χ4n) is 2.89. The third-order valence-electron chi connectivity index (χ3n) is 4.11. The van der Waals surface area contributed by atoms with E-state index in [0.29, 0.717) is 19.5 Å². The smallest absolute Gasteiger partial charge is 0.237 e. The number of carbonyl (C=O) groups excluding carboxylic acids is 1. The van der Waals surface area contributed by atoms with Crippen molar-refractivity contribution in [1.82, 2.24) is 10.6 Å². The Kier molecular flexibility index (Phi) is 5.54. The van der Waals surface area contributed by atoms with Gasteiger partial charge in [-0.3, -0.25) is 4.79 Å². The number of amides is 1. The van der Waals surface area contributed by atoms with E-state index in [1.807, 2.05) is 11.8 Å². The van der Waals surface area contributed by atoms with Crippen molar-refractivity contribution in [3.63, 3.8) is 0 Å². The molecule has 0 saturated carbocycles. The third-order valence-corrected chi connectivity index (χ3v) is 5.12. The molecule has 1 aliphatic rings. The van der Waals surface area contributed by atoms with Crippen LogP contribution in [0.2, 0.25) is 0 Å². The lowest BCUT2D eigenvalue weighted by atomic mass is 10.1. The lowest BCUT2D eigenvalue weighted by Gasteiger charge is -2.11. The van der Waals surface area contributed by atoms with Crippen LogP contribution in [0.25, 0.3) is 10.8 Å². The predicted octanol–water partition coefficient (Wildman–Crippen LogP) is 1.91. The first-order valence-corrected chi connectivity index (χ1v) is 9.13. The molecule has 1 heterocycles. The third kappa shape index (κ3) is 4.25. The van der Waals surface area contributed by atoms with Crippen molar-refractivity contribution in [2.45, 2.75) is 24.3 Å². The molecule has 4 nitrogen and oxygen atoms in total. The van der Waals surface area contributed by atoms with E-state index in [1.54, 1.807) is 0 Å². The number of rotatable bonds is 6. The molecule has 2 aromatic rings. The Balaban J connectivity index is 1.42. The maximum absolute atomic E-state index is 11.9. The van der Waals surface area contributed by atoms with E-state index < -0.39 is 6.10 Å². The summed E-state index contributed by atoms with van der Waals surface area (Å²) >= 11 is 1.82. The number of nitrogens with one attached hydrogen (secondary N) is 2. The van der Waals surface area contributed by atoms with Gasteiger partial charge in [-0.15, -0.1) is 0 Å². The van der Waals surface area contributed by atoms with Crippen LogP contribution in [0.5, 0.6) is 0 Å². The molecular weight excluding hydrogens is 308 g/mol. The van der Waals surface area contributed by atoms with Crippen LogP contribution in [0.3, 0.4) is 0 Å². The lowest BCUT2D eigenvalue weighted by molar-refractivity contribution is -0.122. The second kappa shape index (κ2) is 7.81. The summed E-state index contributed by atoms with van der Waals surface area (Å²) in [6.45, 7) is 1.16. The highest BCUT2D eigenvalue weighted by atomic mass is 32.2. The molecule has 122 valence electrons. The first-order chi connectivity index (χ1) is 11.2. The highest BCUT2D eigenvalue weighted by molar-refractivity contribution is 7.98. The first kappa shape index (κ1) is 16.3. The Morgan fingerprint density at radius 3 is 2.91 bits per heavy atom. The maximum atomic E-state index is 11.9. The largest absolute Gasteiger partial charge is 0.392 e. The van der Waals surface area contributed by atoms with Gasteiger partial charge in [-0.05, 0) is 22.8 Å². The average Bonchev–Trinajstić information content (AvgIpc) is 3.01. The Labute approximate surface area is 140 Å². The number of hydrogen-bond acceptors (Lipinski definition) is 4. The van der Waals surface area contributed by atoms with Crippen molar-refractivity contribution in [2.75, 3.05) is 18.8 Å². The van der Waals surface area contributed by atoms with Crippen molar-refractivity contribution in [3.05, 3.63) is 48.0 Å². The molecule has 0 radical (unpaired) electrons. The van der Waals surface area contributed by atoms with Gasteiger partial charge in [-0.2, -0.15) is 11.8 Å². The summed E-state index contributed by atoms with van der Waals surface area (Å²) in [5.41, 5.74) is 1.33. The molecule has 23 heavy (non-hydrogen) atoms. The van der Waals surface area contributed by atoms with E-state index in [9.17, 15) is 9.90 Å². The van der Waals surface area contributed by atoms with Crippen molar-refractivity contribution < 1.29 is 9.90 Å². The molecule has 2 aromatic carbocycles. The highest BCUT2D eigenvalue weighted by Gasteiger charge is 2.27. The molecule has 1 fully saturated rings. The Morgan fingerprint density at radius 2 is 2.09 bits per heavy atom. The number of thioether (sulfide) groups is 1. The predicted molar refractivity (Wildman–Crippen MR) is 95.5 cm³/mol. The number of β-amino-alcohol motifs (C(OH)–C–C–N with tert-alkyl or cyclic N) is 1. The molecule has 3 N–H and O–H groups in total. The summed E-state index contributed by atoms with van der Waals surface area (Å²) in [5.74, 6) is 1.81. The van der Waals surface area contributed by atoms with Crippen molar-refractivity contribution in [1.29, 1.82) is 0 Å². The molecule has 0 spiro atoms. The first-order valence-electron chi connectivity index (χ1n) is 7.97. The second-order valence-electron chi connectivity index (χ2n) is 5.83. The average molecular weight is 330 g/mol. The van der Waals surface area contributed by atoms with Gasteiger partial charge in [0.05, 0.1) is 12.1 Å². The van der Waals surface area contributed by atoms with E-state index in [4.69, 9.17) is 0 Å². The van der Waals surface area contributed by atoms with Crippen LogP contribution in [0.1, 0.15) is 12.0 Å². The summed E-state index contributed by atoms with van der Waals surface area (Å²) in [4.78, 5) is 11.9. The minimum absolute atomic E-state index is 0.00712. The zero-order valence-electron chi connectivity index (χ0n) is 13.0. The van der Waals surface area contributed by atoms with Gasteiger partial charge in [-0.1, -0.05) is 42.5 Å². The standard InChI is InChI=1S/C18H22N2O2S/c21-15-10-17(20-11-15)18(22)19-8-9-23-12-14-6-3-5-13-4-1-2-7-16(13)14/h1-7,15,17,20-21H,8-12H2,(H,19,22). The van der Waals surface area contributed by atoms with Crippen LogP contribution >= 0.6 is 11.8 Å². The lowest BCUT2D eigenvalue weighted by Crippen LogP contribution is -2.41. The van der Waals surface area contributed by atoms with Crippen molar-refractivity contribution in [2.24, 2.45) is 0 Å². The van der Waals surface area contributed by atoms with Gasteiger partial charge in [0.15, 0.2) is 0 Å². The second-order valence-corrected chi connectivity index (χ2v) is 6.94. The molecule has 5 heteroatoms. The number of fused-ring (bicyclic) bond motifs is 1. The molecule has 1 aliphatic heterocycles. The zero-order valence-corrected chi connectivity index (χ0v) is 13.8. The highest BCUT2D eigenvalue weighted by Crippen LogP contribution is 2.22. The van der Waals surface area contributed by atoms with E-state index in [-0.39, 0.29) is 11.9 Å². The molecule has 2 unspecified atom stereocenters. The van der Waals surface area contributed by atoms with Gasteiger partial charge in [-0.25, -0.2) is 0 Å². The Bertz CT molecular complexity index is 672. The maximum Gasteiger partial charge on any atom is 0.237 e. The molecule has 2 atom stereocenters. The van der Waals surface area contributed by atoms with E-state index in [1.165, 1.54) is 16.3 Å². The molecule has 0 aromatic heterocycles. The summed E-state index contributed by atoms with van der Waals surface area (Å²) in [5, 5.41) is 18.0. The summed E-state index contributed by atoms with van der Waals surface area (Å²) in [6.07, 6.45) is 0.112. The number of aliphatic hydroxyl groups is 1. The minimum atomic E-state index is -0.397. The summed E-state index contributed by atoms with van der Waals surface area (Å²) in [7, 11) is 0. The minimum Gasteiger partial charge on any atom is -0.392 e. The fourth-order valence-corrected chi connectivity index (χ4v) is 3.75.